The Morgan fingerprint density at radius 2 is 0.733 bits per heavy atom. The molecule has 0 N–H and O–H groups in total. The van der Waals surface area contributed by atoms with Gasteiger partial charge in [0, 0.05) is 19.3 Å². The summed E-state index contributed by atoms with van der Waals surface area (Å²) in [6, 6.07) is 0. The minimum Gasteiger partial charge on any atom is -0.462 e. The maximum atomic E-state index is 12.7. The van der Waals surface area contributed by atoms with Gasteiger partial charge in [-0.2, -0.15) is 0 Å². The summed E-state index contributed by atoms with van der Waals surface area (Å²) in [5.74, 6) is -0.980. The molecular weight excluding hydrogens is 745 g/mol. The number of hydrogen-bond acceptors (Lipinski definition) is 6. The zero-order valence-corrected chi connectivity index (χ0v) is 38.7. The average molecular weight is 833 g/mol. The average Bonchev–Trinajstić information content (AvgIpc) is 3.24. The minimum atomic E-state index is -0.807. The van der Waals surface area contributed by atoms with Crippen LogP contribution in [-0.4, -0.2) is 37.2 Å². The highest BCUT2D eigenvalue weighted by atomic mass is 16.6. The molecular formula is C54H88O6. The maximum Gasteiger partial charge on any atom is 0.306 e. The standard InChI is InChI=1S/C54H88O6/c1-4-7-10-13-16-19-22-25-26-27-30-32-35-38-41-44-47-53(56)59-50-51(60-54(57)48-45-42-39-36-33-29-24-21-18-15-12-9-6-3)49-58-52(55)46-43-40-37-34-31-28-23-20-17-14-11-8-5-2/h7,9-10,12,15-16,18-19,21,24-26,28,30-32,51H,4-6,8,11,13-14,17,20,22-23,27,29,33-50H2,1-3H3/b10-7-,12-9-,18-15-,19-16-,24-21-,26-25-,31-28-,32-30-. The van der Waals surface area contributed by atoms with Crippen molar-refractivity contribution in [3.05, 3.63) is 97.2 Å². The van der Waals surface area contributed by atoms with E-state index in [4.69, 9.17) is 14.2 Å². The van der Waals surface area contributed by atoms with E-state index in [1.165, 1.54) is 38.5 Å². The van der Waals surface area contributed by atoms with E-state index >= 15 is 0 Å². The Morgan fingerprint density at radius 3 is 1.23 bits per heavy atom. The van der Waals surface area contributed by atoms with Gasteiger partial charge in [0.1, 0.15) is 13.2 Å². The Kier molecular flexibility index (Phi) is 45.1. The molecule has 1 unspecified atom stereocenters. The van der Waals surface area contributed by atoms with Crippen LogP contribution in [0.2, 0.25) is 0 Å². The van der Waals surface area contributed by atoms with Crippen molar-refractivity contribution in [1.29, 1.82) is 0 Å². The molecule has 1 atom stereocenters. The highest BCUT2D eigenvalue weighted by molar-refractivity contribution is 5.71. The molecule has 0 amide bonds. The van der Waals surface area contributed by atoms with Gasteiger partial charge in [-0.1, -0.05) is 182 Å². The number of allylic oxidation sites excluding steroid dienone is 16. The molecule has 0 aliphatic carbocycles. The molecule has 340 valence electrons. The van der Waals surface area contributed by atoms with Crippen LogP contribution in [-0.2, 0) is 28.6 Å². The van der Waals surface area contributed by atoms with Gasteiger partial charge in [-0.25, -0.2) is 0 Å². The number of carbonyl (C=O) groups excluding carboxylic acids is 3. The van der Waals surface area contributed by atoms with Crippen LogP contribution < -0.4 is 0 Å². The molecule has 0 rings (SSSR count). The Balaban J connectivity index is 4.50. The highest BCUT2D eigenvalue weighted by Crippen LogP contribution is 2.12. The van der Waals surface area contributed by atoms with E-state index in [0.717, 1.165) is 128 Å². The van der Waals surface area contributed by atoms with Gasteiger partial charge in [0.25, 0.3) is 0 Å². The summed E-state index contributed by atoms with van der Waals surface area (Å²) in [4.78, 5) is 37.9. The van der Waals surface area contributed by atoms with E-state index in [-0.39, 0.29) is 31.1 Å². The second kappa shape index (κ2) is 48.0. The van der Waals surface area contributed by atoms with E-state index in [1.54, 1.807) is 0 Å². The largest absolute Gasteiger partial charge is 0.462 e. The second-order valence-corrected chi connectivity index (χ2v) is 15.7. The summed E-state index contributed by atoms with van der Waals surface area (Å²) in [7, 11) is 0. The van der Waals surface area contributed by atoms with Crippen LogP contribution in [0, 0.1) is 0 Å². The van der Waals surface area contributed by atoms with Crippen LogP contribution in [0.3, 0.4) is 0 Å². The minimum absolute atomic E-state index is 0.106. The summed E-state index contributed by atoms with van der Waals surface area (Å²) in [6.45, 7) is 6.30. The van der Waals surface area contributed by atoms with Crippen LogP contribution in [0.5, 0.6) is 0 Å². The molecule has 0 aliphatic heterocycles. The van der Waals surface area contributed by atoms with Crippen LogP contribution in [0.25, 0.3) is 0 Å². The second-order valence-electron chi connectivity index (χ2n) is 15.7. The first-order chi connectivity index (χ1) is 29.5. The van der Waals surface area contributed by atoms with Crippen molar-refractivity contribution in [1.82, 2.24) is 0 Å². The van der Waals surface area contributed by atoms with E-state index in [2.05, 4.69) is 112 Å². The summed E-state index contributed by atoms with van der Waals surface area (Å²) in [5, 5.41) is 0. The molecule has 0 aromatic heterocycles. The summed E-state index contributed by atoms with van der Waals surface area (Å²) in [5.41, 5.74) is 0. The molecule has 6 nitrogen and oxygen atoms in total. The van der Waals surface area contributed by atoms with Crippen molar-refractivity contribution < 1.29 is 28.6 Å². The highest BCUT2D eigenvalue weighted by Gasteiger charge is 2.19. The van der Waals surface area contributed by atoms with Gasteiger partial charge in [0.15, 0.2) is 6.10 Å². The molecule has 0 aromatic rings. The van der Waals surface area contributed by atoms with Crippen LogP contribution >= 0.6 is 0 Å². The van der Waals surface area contributed by atoms with Crippen molar-refractivity contribution in [2.24, 2.45) is 0 Å². The molecule has 0 fully saturated rings. The zero-order chi connectivity index (χ0) is 43.7. The summed E-state index contributed by atoms with van der Waals surface area (Å²) >= 11 is 0. The van der Waals surface area contributed by atoms with E-state index in [1.807, 2.05) is 6.08 Å². The lowest BCUT2D eigenvalue weighted by molar-refractivity contribution is -0.167. The van der Waals surface area contributed by atoms with Crippen molar-refractivity contribution >= 4 is 17.9 Å². The number of carbonyl (C=O) groups is 3. The summed E-state index contributed by atoms with van der Waals surface area (Å²) < 4.78 is 16.7. The fourth-order valence-electron chi connectivity index (χ4n) is 6.25. The first-order valence-corrected chi connectivity index (χ1v) is 24.3. The van der Waals surface area contributed by atoms with E-state index in [9.17, 15) is 14.4 Å². The third-order valence-electron chi connectivity index (χ3n) is 9.86. The zero-order valence-electron chi connectivity index (χ0n) is 38.7. The SMILES string of the molecule is CC\C=C/C=C\C=C/CCCCCCCC(=O)OC(COC(=O)CCCCC/C=C\C/C=C\C/C=C\C/C=C\CC)COC(=O)CCCCC/C=C\CCCCCCCC. The molecule has 6 heteroatoms. The first kappa shape index (κ1) is 56.3. The molecule has 0 saturated heterocycles. The van der Waals surface area contributed by atoms with Crippen LogP contribution in [0.1, 0.15) is 207 Å². The van der Waals surface area contributed by atoms with Gasteiger partial charge in [-0.3, -0.25) is 14.4 Å². The maximum absolute atomic E-state index is 12.7. The van der Waals surface area contributed by atoms with E-state index in [0.29, 0.717) is 19.3 Å². The quantitative estimate of drug-likeness (QED) is 0.0200. The molecule has 0 aromatic carbocycles. The van der Waals surface area contributed by atoms with Crippen molar-refractivity contribution in [3.8, 4) is 0 Å². The lowest BCUT2D eigenvalue weighted by Gasteiger charge is -2.18. The lowest BCUT2D eigenvalue weighted by Crippen LogP contribution is -2.30. The molecule has 60 heavy (non-hydrogen) atoms. The normalized spacial score (nSPS) is 12.9. The molecule has 0 bridgehead atoms. The first-order valence-electron chi connectivity index (χ1n) is 24.3. The Morgan fingerprint density at radius 1 is 0.367 bits per heavy atom. The molecule has 0 heterocycles. The number of unbranched alkanes of at least 4 members (excludes halogenated alkanes) is 17. The van der Waals surface area contributed by atoms with Gasteiger partial charge in [-0.15, -0.1) is 0 Å². The molecule has 0 spiro atoms. The monoisotopic (exact) mass is 833 g/mol. The number of hydrogen-bond donors (Lipinski definition) is 0. The Hall–Kier alpha value is -3.67. The van der Waals surface area contributed by atoms with Crippen molar-refractivity contribution in [2.45, 2.75) is 213 Å². The van der Waals surface area contributed by atoms with Gasteiger partial charge in [0.05, 0.1) is 0 Å². The van der Waals surface area contributed by atoms with E-state index < -0.39 is 6.10 Å². The lowest BCUT2D eigenvalue weighted by atomic mass is 10.1. The van der Waals surface area contributed by atoms with Crippen molar-refractivity contribution in [3.63, 3.8) is 0 Å². The van der Waals surface area contributed by atoms with Gasteiger partial charge in [-0.05, 0) is 103 Å². The number of esters is 3. The van der Waals surface area contributed by atoms with Crippen molar-refractivity contribution in [2.75, 3.05) is 13.2 Å². The molecule has 0 aliphatic rings. The Bertz CT molecular complexity index is 1230. The summed E-state index contributed by atoms with van der Waals surface area (Å²) in [6.07, 6.45) is 62.5. The number of rotatable bonds is 42. The third-order valence-corrected chi connectivity index (χ3v) is 9.86. The fourth-order valence-corrected chi connectivity index (χ4v) is 6.25. The smallest absolute Gasteiger partial charge is 0.306 e. The topological polar surface area (TPSA) is 78.9 Å². The predicted octanol–water partition coefficient (Wildman–Crippen LogP) is 15.8. The molecule has 0 saturated carbocycles. The molecule has 0 radical (unpaired) electrons. The third kappa shape index (κ3) is 45.4. The van der Waals surface area contributed by atoms with Gasteiger partial charge >= 0.3 is 17.9 Å². The van der Waals surface area contributed by atoms with Gasteiger partial charge < -0.3 is 14.2 Å². The Labute approximate surface area is 368 Å². The predicted molar refractivity (Wildman–Crippen MR) is 256 cm³/mol. The number of ether oxygens (including phenoxy) is 3. The van der Waals surface area contributed by atoms with Crippen LogP contribution in [0.15, 0.2) is 97.2 Å². The fraction of sp³-hybridized carbons (Fsp3) is 0.648. The van der Waals surface area contributed by atoms with Gasteiger partial charge in [0.2, 0.25) is 0 Å². The van der Waals surface area contributed by atoms with Crippen LogP contribution in [0.4, 0.5) is 0 Å².